The zero-order chi connectivity index (χ0) is 17.4. The van der Waals surface area contributed by atoms with Gasteiger partial charge in [-0.3, -0.25) is 9.59 Å². The predicted molar refractivity (Wildman–Crippen MR) is 88.7 cm³/mol. The van der Waals surface area contributed by atoms with Crippen molar-refractivity contribution < 1.29 is 9.59 Å². The van der Waals surface area contributed by atoms with Crippen LogP contribution in [0.4, 0.5) is 11.6 Å². The van der Waals surface area contributed by atoms with Gasteiger partial charge in [-0.25, -0.2) is 9.97 Å². The Morgan fingerprint density at radius 3 is 1.67 bits per heavy atom. The zero-order valence-electron chi connectivity index (χ0n) is 13.5. The van der Waals surface area contributed by atoms with Crippen LogP contribution in [0.2, 0.25) is 0 Å². The first kappa shape index (κ1) is 17.2. The third-order valence-corrected chi connectivity index (χ3v) is 2.94. The molecule has 2 aromatic heterocycles. The molecule has 24 heavy (non-hydrogen) atoms. The number of hydrogen-bond donors (Lipinski definition) is 2. The van der Waals surface area contributed by atoms with Crippen LogP contribution in [0.15, 0.2) is 46.9 Å². The second kappa shape index (κ2) is 8.47. The average molecular weight is 326 g/mol. The van der Waals surface area contributed by atoms with Gasteiger partial charge in [0.15, 0.2) is 11.6 Å². The summed E-state index contributed by atoms with van der Waals surface area (Å²) in [5, 5.41) is 13.3. The van der Waals surface area contributed by atoms with Crippen LogP contribution in [0.3, 0.4) is 0 Å². The third kappa shape index (κ3) is 4.67. The molecule has 2 N–H and O–H groups in total. The van der Waals surface area contributed by atoms with Crippen LogP contribution in [0.25, 0.3) is 0 Å². The highest BCUT2D eigenvalue weighted by Crippen LogP contribution is 2.16. The molecule has 0 aliphatic heterocycles. The van der Waals surface area contributed by atoms with Gasteiger partial charge in [-0.1, -0.05) is 0 Å². The molecule has 0 saturated carbocycles. The molecule has 0 fully saturated rings. The van der Waals surface area contributed by atoms with Crippen LogP contribution in [0.5, 0.6) is 0 Å². The number of hydrogen-bond acceptors (Lipinski definition) is 6. The number of pyridine rings is 2. The minimum Gasteiger partial charge on any atom is -0.352 e. The van der Waals surface area contributed by atoms with Crippen molar-refractivity contribution >= 4 is 23.5 Å². The second-order valence-electron chi connectivity index (χ2n) is 4.72. The number of carbonyl (C=O) groups excluding carboxylic acids is 2. The first-order valence-corrected chi connectivity index (χ1v) is 7.54. The van der Waals surface area contributed by atoms with E-state index in [9.17, 15) is 9.59 Å². The van der Waals surface area contributed by atoms with E-state index in [1.54, 1.807) is 12.1 Å². The SMILES string of the molecule is CCNC(=O)c1ccnc(N=Nc2cc(C(=O)NCC)ccn2)c1. The zero-order valence-corrected chi connectivity index (χ0v) is 13.5. The molecule has 0 radical (unpaired) electrons. The summed E-state index contributed by atoms with van der Waals surface area (Å²) in [6, 6.07) is 6.25. The van der Waals surface area contributed by atoms with E-state index in [1.165, 1.54) is 24.5 Å². The Morgan fingerprint density at radius 2 is 1.29 bits per heavy atom. The summed E-state index contributed by atoms with van der Waals surface area (Å²) in [5.74, 6) is 0.161. The van der Waals surface area contributed by atoms with Gasteiger partial charge in [-0.05, 0) is 38.1 Å². The normalized spacial score (nSPS) is 10.6. The molecule has 2 amide bonds. The maximum absolute atomic E-state index is 11.8. The lowest BCUT2D eigenvalue weighted by atomic mass is 10.2. The van der Waals surface area contributed by atoms with Gasteiger partial charge in [-0.2, -0.15) is 0 Å². The van der Waals surface area contributed by atoms with Gasteiger partial charge >= 0.3 is 0 Å². The van der Waals surface area contributed by atoms with E-state index in [4.69, 9.17) is 0 Å². The quantitative estimate of drug-likeness (QED) is 0.794. The average Bonchev–Trinajstić information content (AvgIpc) is 2.61. The van der Waals surface area contributed by atoms with E-state index in [0.717, 1.165) is 0 Å². The molecule has 8 nitrogen and oxygen atoms in total. The Hall–Kier alpha value is -3.16. The Bertz CT molecular complexity index is 696. The van der Waals surface area contributed by atoms with Crippen LogP contribution >= 0.6 is 0 Å². The summed E-state index contributed by atoms with van der Waals surface area (Å²) in [5.41, 5.74) is 0.898. The molecule has 0 aliphatic rings. The largest absolute Gasteiger partial charge is 0.352 e. The highest BCUT2D eigenvalue weighted by molar-refractivity contribution is 5.95. The Balaban J connectivity index is 2.16. The molecular weight excluding hydrogens is 308 g/mol. The molecule has 0 bridgehead atoms. The maximum Gasteiger partial charge on any atom is 0.251 e. The van der Waals surface area contributed by atoms with E-state index in [1.807, 2.05) is 13.8 Å². The number of nitrogens with zero attached hydrogens (tertiary/aromatic N) is 4. The van der Waals surface area contributed by atoms with E-state index in [-0.39, 0.29) is 23.5 Å². The van der Waals surface area contributed by atoms with Crippen LogP contribution in [-0.2, 0) is 0 Å². The van der Waals surface area contributed by atoms with Crippen molar-refractivity contribution in [3.8, 4) is 0 Å². The highest BCUT2D eigenvalue weighted by atomic mass is 16.2. The number of azo groups is 1. The highest BCUT2D eigenvalue weighted by Gasteiger charge is 2.07. The van der Waals surface area contributed by atoms with Crippen LogP contribution in [-0.4, -0.2) is 34.9 Å². The summed E-state index contributed by atoms with van der Waals surface area (Å²) in [4.78, 5) is 31.6. The van der Waals surface area contributed by atoms with Gasteiger partial charge in [0, 0.05) is 36.6 Å². The smallest absolute Gasteiger partial charge is 0.251 e. The van der Waals surface area contributed by atoms with Crippen LogP contribution in [0, 0.1) is 0 Å². The minimum absolute atomic E-state index is 0.201. The van der Waals surface area contributed by atoms with E-state index < -0.39 is 0 Å². The van der Waals surface area contributed by atoms with Crippen LogP contribution < -0.4 is 10.6 Å². The third-order valence-electron chi connectivity index (χ3n) is 2.94. The monoisotopic (exact) mass is 326 g/mol. The van der Waals surface area contributed by atoms with Crippen molar-refractivity contribution in [3.63, 3.8) is 0 Å². The summed E-state index contributed by atoms with van der Waals surface area (Å²) < 4.78 is 0. The topological polar surface area (TPSA) is 109 Å². The number of rotatable bonds is 6. The fourth-order valence-corrected chi connectivity index (χ4v) is 1.86. The molecule has 0 aliphatic carbocycles. The molecule has 2 rings (SSSR count). The molecule has 0 atom stereocenters. The van der Waals surface area contributed by atoms with Gasteiger partial charge in [-0.15, -0.1) is 10.2 Å². The van der Waals surface area contributed by atoms with E-state index in [2.05, 4.69) is 30.8 Å². The predicted octanol–water partition coefficient (Wildman–Crippen LogP) is 2.39. The van der Waals surface area contributed by atoms with Gasteiger partial charge in [0.05, 0.1) is 0 Å². The molecule has 0 aromatic carbocycles. The fraction of sp³-hybridized carbons (Fsp3) is 0.250. The van der Waals surface area contributed by atoms with Gasteiger partial charge in [0.25, 0.3) is 11.8 Å². The Labute approximate surface area is 139 Å². The number of nitrogens with one attached hydrogen (secondary N) is 2. The fourth-order valence-electron chi connectivity index (χ4n) is 1.86. The minimum atomic E-state index is -0.201. The van der Waals surface area contributed by atoms with Crippen molar-refractivity contribution in [2.45, 2.75) is 13.8 Å². The lowest BCUT2D eigenvalue weighted by Crippen LogP contribution is -2.22. The standard InChI is InChI=1S/C16H18N6O2/c1-3-17-15(23)11-5-7-19-13(9-11)21-22-14-10-12(6-8-20-14)16(24)18-4-2/h5-10H,3-4H2,1-2H3,(H,17,23)(H,18,24). The summed E-state index contributed by atoms with van der Waals surface area (Å²) in [7, 11) is 0. The van der Waals surface area contributed by atoms with Gasteiger partial charge in [0.2, 0.25) is 0 Å². The van der Waals surface area contributed by atoms with Crippen molar-refractivity contribution in [3.05, 3.63) is 47.8 Å². The summed E-state index contributed by atoms with van der Waals surface area (Å²) in [6.45, 7) is 4.75. The van der Waals surface area contributed by atoms with Crippen molar-refractivity contribution in [1.29, 1.82) is 0 Å². The molecule has 2 aromatic rings. The molecule has 0 saturated heterocycles. The van der Waals surface area contributed by atoms with Crippen molar-refractivity contribution in [2.24, 2.45) is 10.2 Å². The van der Waals surface area contributed by atoms with Crippen LogP contribution in [0.1, 0.15) is 34.6 Å². The first-order valence-electron chi connectivity index (χ1n) is 7.54. The number of carbonyl (C=O) groups is 2. The second-order valence-corrected chi connectivity index (χ2v) is 4.72. The molecule has 2 heterocycles. The maximum atomic E-state index is 11.8. The van der Waals surface area contributed by atoms with Gasteiger partial charge in [0.1, 0.15) is 0 Å². The molecule has 0 unspecified atom stereocenters. The number of aromatic nitrogens is 2. The first-order chi connectivity index (χ1) is 11.6. The summed E-state index contributed by atoms with van der Waals surface area (Å²) >= 11 is 0. The van der Waals surface area contributed by atoms with Gasteiger partial charge < -0.3 is 10.6 Å². The van der Waals surface area contributed by atoms with Crippen molar-refractivity contribution in [2.75, 3.05) is 13.1 Å². The Kier molecular flexibility index (Phi) is 6.07. The van der Waals surface area contributed by atoms with E-state index in [0.29, 0.717) is 24.2 Å². The molecule has 8 heteroatoms. The molecule has 0 spiro atoms. The lowest BCUT2D eigenvalue weighted by molar-refractivity contribution is 0.0947. The molecular formula is C16H18N6O2. The number of amides is 2. The molecule has 124 valence electrons. The lowest BCUT2D eigenvalue weighted by Gasteiger charge is -2.02. The van der Waals surface area contributed by atoms with E-state index >= 15 is 0 Å². The summed E-state index contributed by atoms with van der Waals surface area (Å²) in [6.07, 6.45) is 2.97. The van der Waals surface area contributed by atoms with Crippen molar-refractivity contribution in [1.82, 2.24) is 20.6 Å². The Morgan fingerprint density at radius 1 is 0.875 bits per heavy atom.